The van der Waals surface area contributed by atoms with E-state index >= 15 is 0 Å². The molecule has 1 saturated heterocycles. The first-order chi connectivity index (χ1) is 7.20. The van der Waals surface area contributed by atoms with Crippen molar-refractivity contribution in [3.63, 3.8) is 0 Å². The molecule has 2 nitrogen and oxygen atoms in total. The van der Waals surface area contributed by atoms with Crippen molar-refractivity contribution in [2.45, 2.75) is 31.2 Å². The summed E-state index contributed by atoms with van der Waals surface area (Å²) in [4.78, 5) is 6.52. The summed E-state index contributed by atoms with van der Waals surface area (Å²) in [5.41, 5.74) is 0. The van der Waals surface area contributed by atoms with E-state index in [0.29, 0.717) is 11.1 Å². The average Bonchev–Trinajstić information content (AvgIpc) is 2.23. The van der Waals surface area contributed by atoms with E-state index < -0.39 is 0 Å². The maximum absolute atomic E-state index is 6.25. The van der Waals surface area contributed by atoms with Gasteiger partial charge in [0, 0.05) is 18.8 Å². The Morgan fingerprint density at radius 3 is 3.07 bits per heavy atom. The standard InChI is InChI=1S/C11H14Cl2N2/c1-8-9(12)5-3-7-15(8)11-10(13)4-2-6-14-11/h2,4,6,8-9H,3,5,7H2,1H3. The maximum Gasteiger partial charge on any atom is 0.147 e. The molecule has 1 aliphatic heterocycles. The summed E-state index contributed by atoms with van der Waals surface area (Å²) in [6, 6.07) is 4.01. The molecule has 0 aromatic carbocycles. The number of alkyl halides is 1. The van der Waals surface area contributed by atoms with Gasteiger partial charge in [-0.2, -0.15) is 0 Å². The molecule has 0 saturated carbocycles. The lowest BCUT2D eigenvalue weighted by Gasteiger charge is -2.37. The lowest BCUT2D eigenvalue weighted by molar-refractivity contribution is 0.488. The van der Waals surface area contributed by atoms with Crippen LogP contribution in [0.2, 0.25) is 5.02 Å². The highest BCUT2D eigenvalue weighted by Gasteiger charge is 2.28. The van der Waals surface area contributed by atoms with Crippen molar-refractivity contribution >= 4 is 29.0 Å². The second-order valence-electron chi connectivity index (χ2n) is 3.90. The number of hydrogen-bond acceptors (Lipinski definition) is 2. The Balaban J connectivity index is 2.26. The number of aromatic nitrogens is 1. The summed E-state index contributed by atoms with van der Waals surface area (Å²) in [5.74, 6) is 0.858. The summed E-state index contributed by atoms with van der Waals surface area (Å²) in [5, 5.41) is 0.895. The van der Waals surface area contributed by atoms with Gasteiger partial charge in [0.2, 0.25) is 0 Å². The molecule has 15 heavy (non-hydrogen) atoms. The zero-order valence-corrected chi connectivity index (χ0v) is 10.2. The van der Waals surface area contributed by atoms with Crippen LogP contribution in [0.1, 0.15) is 19.8 Å². The van der Waals surface area contributed by atoms with Crippen LogP contribution in [0.3, 0.4) is 0 Å². The third-order valence-electron chi connectivity index (χ3n) is 2.91. The van der Waals surface area contributed by atoms with Gasteiger partial charge in [0.05, 0.1) is 10.4 Å². The van der Waals surface area contributed by atoms with E-state index in [-0.39, 0.29) is 5.38 Å². The fourth-order valence-corrected chi connectivity index (χ4v) is 2.50. The summed E-state index contributed by atoms with van der Waals surface area (Å²) in [6.07, 6.45) is 3.95. The lowest BCUT2D eigenvalue weighted by Crippen LogP contribution is -2.44. The number of rotatable bonds is 1. The van der Waals surface area contributed by atoms with Crippen molar-refractivity contribution in [3.05, 3.63) is 23.4 Å². The molecule has 1 fully saturated rings. The van der Waals surface area contributed by atoms with Crippen LogP contribution in [0, 0.1) is 0 Å². The molecule has 2 unspecified atom stereocenters. The number of pyridine rings is 1. The quantitative estimate of drug-likeness (QED) is 0.705. The first-order valence-corrected chi connectivity index (χ1v) is 6.03. The maximum atomic E-state index is 6.25. The Morgan fingerprint density at radius 2 is 2.33 bits per heavy atom. The van der Waals surface area contributed by atoms with Crippen molar-refractivity contribution < 1.29 is 0 Å². The van der Waals surface area contributed by atoms with E-state index in [1.807, 2.05) is 12.1 Å². The van der Waals surface area contributed by atoms with Crippen LogP contribution in [0.15, 0.2) is 18.3 Å². The van der Waals surface area contributed by atoms with Crippen LogP contribution in [0.5, 0.6) is 0 Å². The number of halogens is 2. The fourth-order valence-electron chi connectivity index (χ4n) is 1.98. The van der Waals surface area contributed by atoms with Crippen LogP contribution in [-0.2, 0) is 0 Å². The van der Waals surface area contributed by atoms with Crippen LogP contribution in [-0.4, -0.2) is 22.9 Å². The highest BCUT2D eigenvalue weighted by atomic mass is 35.5. The van der Waals surface area contributed by atoms with Gasteiger partial charge in [0.1, 0.15) is 5.82 Å². The van der Waals surface area contributed by atoms with Gasteiger partial charge in [-0.3, -0.25) is 0 Å². The number of anilines is 1. The Kier molecular flexibility index (Phi) is 3.37. The minimum Gasteiger partial charge on any atom is -0.351 e. The number of piperidine rings is 1. The van der Waals surface area contributed by atoms with Gasteiger partial charge in [0.15, 0.2) is 0 Å². The first-order valence-electron chi connectivity index (χ1n) is 5.21. The summed E-state index contributed by atoms with van der Waals surface area (Å²) < 4.78 is 0. The number of nitrogens with zero attached hydrogens (tertiary/aromatic N) is 2. The zero-order valence-electron chi connectivity index (χ0n) is 8.66. The van der Waals surface area contributed by atoms with Gasteiger partial charge in [-0.05, 0) is 31.9 Å². The molecule has 0 aliphatic carbocycles. The highest BCUT2D eigenvalue weighted by Crippen LogP contribution is 2.30. The van der Waals surface area contributed by atoms with E-state index in [0.717, 1.165) is 25.2 Å². The predicted octanol–water partition coefficient (Wildman–Crippen LogP) is 3.33. The fraction of sp³-hybridized carbons (Fsp3) is 0.545. The van der Waals surface area contributed by atoms with Crippen LogP contribution < -0.4 is 4.90 Å². The van der Waals surface area contributed by atoms with Gasteiger partial charge in [-0.15, -0.1) is 11.6 Å². The average molecular weight is 245 g/mol. The van der Waals surface area contributed by atoms with E-state index in [1.165, 1.54) is 0 Å². The van der Waals surface area contributed by atoms with E-state index in [1.54, 1.807) is 6.20 Å². The summed E-state index contributed by atoms with van der Waals surface area (Å²) >= 11 is 12.4. The van der Waals surface area contributed by atoms with Crippen molar-refractivity contribution in [3.8, 4) is 0 Å². The normalized spacial score (nSPS) is 26.7. The van der Waals surface area contributed by atoms with Gasteiger partial charge in [-0.25, -0.2) is 4.98 Å². The molecule has 0 radical (unpaired) electrons. The third kappa shape index (κ3) is 2.21. The lowest BCUT2D eigenvalue weighted by atomic mass is 10.0. The molecular formula is C11H14Cl2N2. The predicted molar refractivity (Wildman–Crippen MR) is 64.9 cm³/mol. The largest absolute Gasteiger partial charge is 0.351 e. The summed E-state index contributed by atoms with van der Waals surface area (Å²) in [6.45, 7) is 3.11. The molecule has 1 aliphatic rings. The van der Waals surface area contributed by atoms with Gasteiger partial charge < -0.3 is 4.90 Å². The Hall–Kier alpha value is -0.470. The van der Waals surface area contributed by atoms with Crippen molar-refractivity contribution in [1.82, 2.24) is 4.98 Å². The van der Waals surface area contributed by atoms with E-state index in [9.17, 15) is 0 Å². The SMILES string of the molecule is CC1C(Cl)CCCN1c1ncccc1Cl. The topological polar surface area (TPSA) is 16.1 Å². The molecule has 2 heterocycles. The molecule has 2 atom stereocenters. The molecule has 0 spiro atoms. The minimum atomic E-state index is 0.192. The van der Waals surface area contributed by atoms with E-state index in [2.05, 4.69) is 16.8 Å². The Morgan fingerprint density at radius 1 is 1.53 bits per heavy atom. The summed E-state index contributed by atoms with van der Waals surface area (Å²) in [7, 11) is 0. The second-order valence-corrected chi connectivity index (χ2v) is 4.87. The van der Waals surface area contributed by atoms with Crippen molar-refractivity contribution in [2.24, 2.45) is 0 Å². The molecule has 1 aromatic rings. The molecule has 0 N–H and O–H groups in total. The van der Waals surface area contributed by atoms with Gasteiger partial charge >= 0.3 is 0 Å². The zero-order chi connectivity index (χ0) is 10.8. The third-order valence-corrected chi connectivity index (χ3v) is 3.78. The van der Waals surface area contributed by atoms with Crippen molar-refractivity contribution in [1.29, 1.82) is 0 Å². The Labute approximate surface area is 100 Å². The molecule has 0 bridgehead atoms. The first kappa shape index (κ1) is 11.0. The van der Waals surface area contributed by atoms with Crippen LogP contribution in [0.25, 0.3) is 0 Å². The molecule has 0 amide bonds. The molecule has 4 heteroatoms. The Bertz CT molecular complexity index is 343. The van der Waals surface area contributed by atoms with Crippen molar-refractivity contribution in [2.75, 3.05) is 11.4 Å². The van der Waals surface area contributed by atoms with Crippen LogP contribution >= 0.6 is 23.2 Å². The molecule has 1 aromatic heterocycles. The molecule has 2 rings (SSSR count). The highest BCUT2D eigenvalue weighted by molar-refractivity contribution is 6.33. The monoisotopic (exact) mass is 244 g/mol. The smallest absolute Gasteiger partial charge is 0.147 e. The molecule has 82 valence electrons. The minimum absolute atomic E-state index is 0.192. The number of hydrogen-bond donors (Lipinski definition) is 0. The molecular weight excluding hydrogens is 231 g/mol. The van der Waals surface area contributed by atoms with E-state index in [4.69, 9.17) is 23.2 Å². The van der Waals surface area contributed by atoms with Crippen LogP contribution in [0.4, 0.5) is 5.82 Å². The van der Waals surface area contributed by atoms with Gasteiger partial charge in [-0.1, -0.05) is 11.6 Å². The second kappa shape index (κ2) is 4.58. The van der Waals surface area contributed by atoms with Gasteiger partial charge in [0.25, 0.3) is 0 Å².